The van der Waals surface area contributed by atoms with E-state index in [-0.39, 0.29) is 29.7 Å². The van der Waals surface area contributed by atoms with E-state index in [1.807, 2.05) is 91.0 Å². The van der Waals surface area contributed by atoms with E-state index in [4.69, 9.17) is 15.7 Å². The maximum atomic E-state index is 9.01. The van der Waals surface area contributed by atoms with E-state index in [1.54, 1.807) is 0 Å². The van der Waals surface area contributed by atoms with Crippen LogP contribution >= 0.6 is 0 Å². The first-order valence-electron chi connectivity index (χ1n) is 20.5. The zero-order chi connectivity index (χ0) is 39.9. The predicted octanol–water partition coefficient (Wildman–Crippen LogP) is 15.0. The van der Waals surface area contributed by atoms with Gasteiger partial charge in [0.15, 0.2) is 0 Å². The summed E-state index contributed by atoms with van der Waals surface area (Å²) in [5.41, 5.74) is 10.2. The Hall–Kier alpha value is -7.16. The van der Waals surface area contributed by atoms with Gasteiger partial charge in [0.25, 0.3) is 0 Å². The fourth-order valence-electron chi connectivity index (χ4n) is 8.20. The second kappa shape index (κ2) is 12.2. The molecule has 0 aliphatic heterocycles. The largest absolute Gasteiger partial charge is 0.456 e. The first kappa shape index (κ1) is 25.7. The standard InChI is InChI=1S/C52H32O2/c1-3-15-33(16-4-1)38-19-7-8-20-39(38)48-32-37-29-35(27-28-46(37)53-48)36-30-45(52-44-25-13-14-26-47(44)54-49(52)31-36)51-42-23-11-9-21-40(42)50(34-17-5-2-6-18-34)41-22-10-12-24-43(41)51/h1-32H/i2D,5D,6D,17D,18D. The molecule has 11 rings (SSSR count). The van der Waals surface area contributed by atoms with Gasteiger partial charge in [-0.2, -0.15) is 0 Å². The molecule has 2 nitrogen and oxygen atoms in total. The molecule has 0 saturated carbocycles. The highest BCUT2D eigenvalue weighted by Gasteiger charge is 2.22. The van der Waals surface area contributed by atoms with Gasteiger partial charge in [-0.15, -0.1) is 0 Å². The lowest BCUT2D eigenvalue weighted by Gasteiger charge is -2.19. The zero-order valence-corrected chi connectivity index (χ0v) is 28.9. The summed E-state index contributed by atoms with van der Waals surface area (Å²) in [7, 11) is 0. The van der Waals surface area contributed by atoms with Crippen molar-refractivity contribution in [1.29, 1.82) is 0 Å². The molecule has 2 heteroatoms. The molecule has 0 aliphatic rings. The van der Waals surface area contributed by atoms with E-state index in [9.17, 15) is 0 Å². The van der Waals surface area contributed by atoms with Crippen LogP contribution in [0.5, 0.6) is 0 Å². The molecule has 0 N–H and O–H groups in total. The van der Waals surface area contributed by atoms with E-state index in [2.05, 4.69) is 72.8 Å². The third kappa shape index (κ3) is 4.81. The maximum Gasteiger partial charge on any atom is 0.136 e. The second-order valence-corrected chi connectivity index (χ2v) is 13.6. The SMILES string of the molecule is [2H]c1c([2H])c([2H])c(-c2c3ccccc3c(-c3cc(-c4ccc5oc(-c6ccccc6-c6ccccc6)cc5c4)cc4oc5ccccc5c34)c3ccccc23)c([2H])c1[2H]. The van der Waals surface area contributed by atoms with E-state index in [0.29, 0.717) is 5.56 Å². The highest BCUT2D eigenvalue weighted by molar-refractivity contribution is 6.26. The van der Waals surface area contributed by atoms with Crippen molar-refractivity contribution >= 4 is 54.5 Å². The Labute approximate surface area is 319 Å². The fourth-order valence-corrected chi connectivity index (χ4v) is 8.20. The van der Waals surface area contributed by atoms with Crippen molar-refractivity contribution in [2.45, 2.75) is 0 Å². The van der Waals surface area contributed by atoms with Gasteiger partial charge in [0.1, 0.15) is 22.5 Å². The van der Waals surface area contributed by atoms with Gasteiger partial charge in [-0.05, 0) is 102 Å². The Bertz CT molecular complexity index is 3420. The molecule has 0 spiro atoms. The van der Waals surface area contributed by atoms with Crippen molar-refractivity contribution in [2.75, 3.05) is 0 Å². The molecular weight excluding hydrogens is 657 g/mol. The molecule has 0 bridgehead atoms. The van der Waals surface area contributed by atoms with Gasteiger partial charge in [0.2, 0.25) is 0 Å². The lowest BCUT2D eigenvalue weighted by molar-refractivity contribution is 0.632. The predicted molar refractivity (Wildman–Crippen MR) is 226 cm³/mol. The van der Waals surface area contributed by atoms with Crippen LogP contribution in [0.25, 0.3) is 110 Å². The first-order chi connectivity index (χ1) is 28.9. The highest BCUT2D eigenvalue weighted by atomic mass is 16.3. The van der Waals surface area contributed by atoms with Gasteiger partial charge in [0, 0.05) is 21.7 Å². The van der Waals surface area contributed by atoms with Crippen molar-refractivity contribution in [3.05, 3.63) is 194 Å². The van der Waals surface area contributed by atoms with Crippen molar-refractivity contribution in [3.63, 3.8) is 0 Å². The molecule has 9 aromatic carbocycles. The van der Waals surface area contributed by atoms with Crippen LogP contribution in [0.1, 0.15) is 6.85 Å². The molecule has 0 fully saturated rings. The smallest absolute Gasteiger partial charge is 0.136 e. The summed E-state index contributed by atoms with van der Waals surface area (Å²) in [5.74, 6) is 0.794. The lowest BCUT2D eigenvalue weighted by Crippen LogP contribution is -1.92. The van der Waals surface area contributed by atoms with E-state index in [0.717, 1.165) is 99.2 Å². The minimum absolute atomic E-state index is 0.182. The molecule has 0 radical (unpaired) electrons. The third-order valence-electron chi connectivity index (χ3n) is 10.6. The molecule has 0 aliphatic carbocycles. The van der Waals surface area contributed by atoms with Gasteiger partial charge < -0.3 is 8.83 Å². The number of hydrogen-bond acceptors (Lipinski definition) is 2. The van der Waals surface area contributed by atoms with Gasteiger partial charge in [-0.25, -0.2) is 0 Å². The molecule has 54 heavy (non-hydrogen) atoms. The Morgan fingerprint density at radius 3 is 1.72 bits per heavy atom. The summed E-state index contributed by atoms with van der Waals surface area (Å²) in [6.45, 7) is 0. The molecule has 0 unspecified atom stereocenters. The number of hydrogen-bond donors (Lipinski definition) is 0. The molecule has 11 aromatic rings. The summed E-state index contributed by atoms with van der Waals surface area (Å²) in [6.07, 6.45) is 0. The topological polar surface area (TPSA) is 26.3 Å². The Morgan fingerprint density at radius 2 is 0.981 bits per heavy atom. The maximum absolute atomic E-state index is 9.01. The number of benzene rings is 9. The highest BCUT2D eigenvalue weighted by Crippen LogP contribution is 2.48. The zero-order valence-electron chi connectivity index (χ0n) is 33.9. The number of fused-ring (bicyclic) bond motifs is 6. The van der Waals surface area contributed by atoms with Gasteiger partial charge in [-0.3, -0.25) is 0 Å². The molecule has 0 atom stereocenters. The first-order valence-corrected chi connectivity index (χ1v) is 18.0. The molecule has 2 aromatic heterocycles. The molecule has 252 valence electrons. The number of furan rings is 2. The van der Waals surface area contributed by atoms with Gasteiger partial charge >= 0.3 is 0 Å². The normalized spacial score (nSPS) is 13.0. The summed E-state index contributed by atoms with van der Waals surface area (Å²) in [4.78, 5) is 0. The summed E-state index contributed by atoms with van der Waals surface area (Å²) in [5, 5.41) is 6.29. The van der Waals surface area contributed by atoms with Gasteiger partial charge in [-0.1, -0.05) is 158 Å². The van der Waals surface area contributed by atoms with Crippen LogP contribution in [0.4, 0.5) is 0 Å². The minimum Gasteiger partial charge on any atom is -0.456 e. The molecular formula is C52H32O2. The minimum atomic E-state index is -0.415. The Morgan fingerprint density at radius 1 is 0.352 bits per heavy atom. The van der Waals surface area contributed by atoms with Crippen molar-refractivity contribution in [1.82, 2.24) is 0 Å². The van der Waals surface area contributed by atoms with Crippen LogP contribution in [-0.4, -0.2) is 0 Å². The lowest BCUT2D eigenvalue weighted by atomic mass is 9.84. The third-order valence-corrected chi connectivity index (χ3v) is 10.6. The van der Waals surface area contributed by atoms with Crippen molar-refractivity contribution in [2.24, 2.45) is 0 Å². The van der Waals surface area contributed by atoms with Crippen LogP contribution in [0.2, 0.25) is 0 Å². The van der Waals surface area contributed by atoms with Crippen molar-refractivity contribution < 1.29 is 15.7 Å². The van der Waals surface area contributed by atoms with E-state index >= 15 is 0 Å². The quantitative estimate of drug-likeness (QED) is 0.168. The van der Waals surface area contributed by atoms with Gasteiger partial charge in [0.05, 0.1) is 6.85 Å². The average molecular weight is 694 g/mol. The summed E-state index contributed by atoms with van der Waals surface area (Å²) < 4.78 is 56.6. The van der Waals surface area contributed by atoms with E-state index < -0.39 is 6.04 Å². The molecule has 2 heterocycles. The Balaban J connectivity index is 1.17. The Kier molecular flexibility index (Phi) is 5.83. The summed E-state index contributed by atoms with van der Waals surface area (Å²) in [6, 6.07) is 53.8. The van der Waals surface area contributed by atoms with Crippen LogP contribution in [0, 0.1) is 0 Å². The van der Waals surface area contributed by atoms with Crippen molar-refractivity contribution in [3.8, 4) is 55.8 Å². The summed E-state index contributed by atoms with van der Waals surface area (Å²) >= 11 is 0. The van der Waals surface area contributed by atoms with E-state index in [1.165, 1.54) is 0 Å². The number of para-hydroxylation sites is 1. The average Bonchev–Trinajstić information content (AvgIpc) is 3.89. The van der Waals surface area contributed by atoms with Crippen LogP contribution in [0.3, 0.4) is 0 Å². The van der Waals surface area contributed by atoms with Crippen LogP contribution < -0.4 is 0 Å². The number of rotatable bonds is 5. The monoisotopic (exact) mass is 693 g/mol. The van der Waals surface area contributed by atoms with Crippen LogP contribution in [-0.2, 0) is 0 Å². The molecule has 0 saturated heterocycles. The molecule has 0 amide bonds. The van der Waals surface area contributed by atoms with Crippen LogP contribution in [0.15, 0.2) is 203 Å². The second-order valence-electron chi connectivity index (χ2n) is 13.6. The fraction of sp³-hybridized carbons (Fsp3) is 0.